The third kappa shape index (κ3) is 3.74. The van der Waals surface area contributed by atoms with Gasteiger partial charge in [-0.25, -0.2) is 0 Å². The number of benzene rings is 1. The summed E-state index contributed by atoms with van der Waals surface area (Å²) in [5.41, 5.74) is 0.0710. The normalized spacial score (nSPS) is 9.83. The second kappa shape index (κ2) is 6.02. The Labute approximate surface area is 107 Å². The van der Waals surface area contributed by atoms with Crippen LogP contribution in [0.4, 0.5) is 0 Å². The average molecular weight is 272 g/mol. The Morgan fingerprint density at radius 2 is 1.56 bits per heavy atom. The Hall–Kier alpha value is -2.08. The van der Waals surface area contributed by atoms with Crippen molar-refractivity contribution in [1.82, 2.24) is 4.90 Å². The van der Waals surface area contributed by atoms with Crippen LogP contribution in [0.25, 0.3) is 0 Å². The van der Waals surface area contributed by atoms with Crippen LogP contribution >= 0.6 is 11.6 Å². The van der Waals surface area contributed by atoms with Gasteiger partial charge in [0.1, 0.15) is 13.1 Å². The van der Waals surface area contributed by atoms with Gasteiger partial charge >= 0.3 is 11.9 Å². The molecule has 96 valence electrons. The first-order chi connectivity index (χ1) is 8.41. The Kier molecular flexibility index (Phi) is 4.67. The highest BCUT2D eigenvalue weighted by molar-refractivity contribution is 6.33. The highest BCUT2D eigenvalue weighted by atomic mass is 35.5. The molecule has 0 saturated heterocycles. The second-order valence-electron chi connectivity index (χ2n) is 3.43. The monoisotopic (exact) mass is 271 g/mol. The zero-order chi connectivity index (χ0) is 13.7. The molecule has 0 aliphatic carbocycles. The van der Waals surface area contributed by atoms with Gasteiger partial charge in [-0.2, -0.15) is 0 Å². The second-order valence-corrected chi connectivity index (χ2v) is 3.84. The van der Waals surface area contributed by atoms with Crippen molar-refractivity contribution in [3.05, 3.63) is 34.9 Å². The molecule has 0 fully saturated rings. The third-order valence-corrected chi connectivity index (χ3v) is 2.37. The molecule has 1 rings (SSSR count). The van der Waals surface area contributed by atoms with Crippen LogP contribution in [0.15, 0.2) is 24.3 Å². The molecule has 0 radical (unpaired) electrons. The molecule has 6 nitrogen and oxygen atoms in total. The predicted octanol–water partition coefficient (Wildman–Crippen LogP) is 0.951. The molecular formula is C11H10ClNO5. The molecule has 0 unspecified atom stereocenters. The molecular weight excluding hydrogens is 262 g/mol. The molecule has 0 atom stereocenters. The SMILES string of the molecule is O=C(O)CN(CC(=O)O)C(=O)c1ccccc1Cl. The Morgan fingerprint density at radius 1 is 1.06 bits per heavy atom. The number of carboxylic acids is 2. The molecule has 0 saturated carbocycles. The van der Waals surface area contributed by atoms with Gasteiger partial charge in [0.25, 0.3) is 5.91 Å². The summed E-state index contributed by atoms with van der Waals surface area (Å²) in [7, 11) is 0. The minimum absolute atomic E-state index is 0.0710. The van der Waals surface area contributed by atoms with Gasteiger partial charge in [0, 0.05) is 0 Å². The van der Waals surface area contributed by atoms with Crippen LogP contribution in [-0.2, 0) is 9.59 Å². The summed E-state index contributed by atoms with van der Waals surface area (Å²) in [4.78, 5) is 33.8. The van der Waals surface area contributed by atoms with E-state index in [1.807, 2.05) is 0 Å². The number of hydrogen-bond acceptors (Lipinski definition) is 3. The molecule has 0 aliphatic heterocycles. The lowest BCUT2D eigenvalue weighted by Gasteiger charge is -2.18. The molecule has 18 heavy (non-hydrogen) atoms. The van der Waals surface area contributed by atoms with Crippen molar-refractivity contribution in [1.29, 1.82) is 0 Å². The number of aliphatic carboxylic acids is 2. The first-order valence-electron chi connectivity index (χ1n) is 4.89. The highest BCUT2D eigenvalue weighted by Crippen LogP contribution is 2.16. The van der Waals surface area contributed by atoms with Crippen molar-refractivity contribution < 1.29 is 24.6 Å². The third-order valence-electron chi connectivity index (χ3n) is 2.04. The van der Waals surface area contributed by atoms with Crippen LogP contribution < -0.4 is 0 Å². The first kappa shape index (κ1) is 14.0. The fourth-order valence-corrected chi connectivity index (χ4v) is 1.55. The maximum absolute atomic E-state index is 12.0. The van der Waals surface area contributed by atoms with Crippen molar-refractivity contribution in [3.63, 3.8) is 0 Å². The van der Waals surface area contributed by atoms with Crippen molar-refractivity contribution in [2.24, 2.45) is 0 Å². The van der Waals surface area contributed by atoms with E-state index in [-0.39, 0.29) is 10.6 Å². The largest absolute Gasteiger partial charge is 0.480 e. The number of carboxylic acid groups (broad SMARTS) is 2. The van der Waals surface area contributed by atoms with E-state index >= 15 is 0 Å². The molecule has 0 heterocycles. The molecule has 0 spiro atoms. The minimum atomic E-state index is -1.29. The smallest absolute Gasteiger partial charge is 0.323 e. The van der Waals surface area contributed by atoms with Crippen molar-refractivity contribution in [2.75, 3.05) is 13.1 Å². The molecule has 0 aromatic heterocycles. The summed E-state index contributed by atoms with van der Waals surface area (Å²) in [6, 6.07) is 6.03. The summed E-state index contributed by atoms with van der Waals surface area (Å²) in [5.74, 6) is -3.32. The molecule has 1 aromatic rings. The van der Waals surface area contributed by atoms with E-state index in [0.29, 0.717) is 4.90 Å². The van der Waals surface area contributed by atoms with E-state index < -0.39 is 30.9 Å². The minimum Gasteiger partial charge on any atom is -0.480 e. The topological polar surface area (TPSA) is 94.9 Å². The quantitative estimate of drug-likeness (QED) is 0.831. The zero-order valence-corrected chi connectivity index (χ0v) is 9.92. The van der Waals surface area contributed by atoms with Gasteiger partial charge < -0.3 is 15.1 Å². The van der Waals surface area contributed by atoms with Crippen molar-refractivity contribution >= 4 is 29.4 Å². The zero-order valence-electron chi connectivity index (χ0n) is 9.17. The van der Waals surface area contributed by atoms with Gasteiger partial charge in [-0.3, -0.25) is 14.4 Å². The number of hydrogen-bond donors (Lipinski definition) is 2. The van der Waals surface area contributed by atoms with Gasteiger partial charge in [0.2, 0.25) is 0 Å². The van der Waals surface area contributed by atoms with Crippen LogP contribution in [0.3, 0.4) is 0 Å². The fraction of sp³-hybridized carbons (Fsp3) is 0.182. The summed E-state index contributed by atoms with van der Waals surface area (Å²) in [6.07, 6.45) is 0. The van der Waals surface area contributed by atoms with E-state index in [2.05, 4.69) is 0 Å². The number of rotatable bonds is 5. The molecule has 7 heteroatoms. The van der Waals surface area contributed by atoms with Gasteiger partial charge in [0.15, 0.2) is 0 Å². The molecule has 0 aliphatic rings. The fourth-order valence-electron chi connectivity index (χ4n) is 1.33. The lowest BCUT2D eigenvalue weighted by molar-refractivity contribution is -0.140. The summed E-state index contributed by atoms with van der Waals surface area (Å²) in [6.45, 7) is -1.40. The Morgan fingerprint density at radius 3 is 2.00 bits per heavy atom. The highest BCUT2D eigenvalue weighted by Gasteiger charge is 2.22. The summed E-state index contributed by atoms with van der Waals surface area (Å²) in [5, 5.41) is 17.4. The lowest BCUT2D eigenvalue weighted by atomic mass is 10.2. The molecule has 2 N–H and O–H groups in total. The van der Waals surface area contributed by atoms with Gasteiger partial charge in [-0.05, 0) is 12.1 Å². The summed E-state index contributed by atoms with van der Waals surface area (Å²) >= 11 is 5.79. The summed E-state index contributed by atoms with van der Waals surface area (Å²) < 4.78 is 0. The molecule has 1 amide bonds. The van der Waals surface area contributed by atoms with Crippen LogP contribution in [0, 0.1) is 0 Å². The maximum atomic E-state index is 12.0. The number of amides is 1. The standard InChI is InChI=1S/C11H10ClNO5/c12-8-4-2-1-3-7(8)11(18)13(5-9(14)15)6-10(16)17/h1-4H,5-6H2,(H,14,15)(H,16,17). The maximum Gasteiger partial charge on any atom is 0.323 e. The lowest BCUT2D eigenvalue weighted by Crippen LogP contribution is -2.39. The van der Waals surface area contributed by atoms with Crippen LogP contribution in [-0.4, -0.2) is 46.0 Å². The first-order valence-corrected chi connectivity index (χ1v) is 5.27. The van der Waals surface area contributed by atoms with E-state index in [1.54, 1.807) is 12.1 Å². The number of carbonyl (C=O) groups excluding carboxylic acids is 1. The van der Waals surface area contributed by atoms with Gasteiger partial charge in [0.05, 0.1) is 10.6 Å². The van der Waals surface area contributed by atoms with Crippen LogP contribution in [0.5, 0.6) is 0 Å². The van der Waals surface area contributed by atoms with Gasteiger partial charge in [-0.1, -0.05) is 23.7 Å². The van der Waals surface area contributed by atoms with E-state index in [1.165, 1.54) is 12.1 Å². The van der Waals surface area contributed by atoms with Gasteiger partial charge in [-0.15, -0.1) is 0 Å². The van der Waals surface area contributed by atoms with Crippen LogP contribution in [0.2, 0.25) is 5.02 Å². The number of halogens is 1. The predicted molar refractivity (Wildman–Crippen MR) is 62.6 cm³/mol. The Bertz CT molecular complexity index is 472. The van der Waals surface area contributed by atoms with Crippen molar-refractivity contribution in [2.45, 2.75) is 0 Å². The van der Waals surface area contributed by atoms with E-state index in [9.17, 15) is 14.4 Å². The van der Waals surface area contributed by atoms with E-state index in [0.717, 1.165) is 0 Å². The Balaban J connectivity index is 2.98. The molecule has 0 bridgehead atoms. The number of carbonyl (C=O) groups is 3. The van der Waals surface area contributed by atoms with Crippen LogP contribution in [0.1, 0.15) is 10.4 Å². The number of nitrogens with zero attached hydrogens (tertiary/aromatic N) is 1. The molecule has 1 aromatic carbocycles. The van der Waals surface area contributed by atoms with E-state index in [4.69, 9.17) is 21.8 Å². The van der Waals surface area contributed by atoms with Crippen molar-refractivity contribution in [3.8, 4) is 0 Å². The average Bonchev–Trinajstić information content (AvgIpc) is 2.26.